The summed E-state index contributed by atoms with van der Waals surface area (Å²) < 4.78 is 5.73. The maximum Gasteiger partial charge on any atom is 0.277 e. The Hall–Kier alpha value is -2.34. The van der Waals surface area contributed by atoms with Crippen molar-refractivity contribution in [3.05, 3.63) is 35.5 Å². The molecule has 0 N–H and O–H groups in total. The molecule has 0 spiro atoms. The van der Waals surface area contributed by atoms with Crippen LogP contribution in [0.3, 0.4) is 0 Å². The Kier molecular flexibility index (Phi) is 6.63. The number of imide groups is 1. The molecule has 2 aliphatic rings. The number of amides is 2. The van der Waals surface area contributed by atoms with Gasteiger partial charge in [-0.2, -0.15) is 0 Å². The van der Waals surface area contributed by atoms with Crippen LogP contribution < -0.4 is 4.74 Å². The van der Waals surface area contributed by atoms with Gasteiger partial charge in [-0.15, -0.1) is 0 Å². The average Bonchev–Trinajstić information content (AvgIpc) is 2.92. The zero-order valence-corrected chi connectivity index (χ0v) is 18.3. The van der Waals surface area contributed by atoms with Crippen LogP contribution in [0.5, 0.6) is 5.75 Å². The summed E-state index contributed by atoms with van der Waals surface area (Å²) >= 11 is 0. The molecule has 1 aromatic carbocycles. The van der Waals surface area contributed by atoms with Crippen LogP contribution in [-0.2, 0) is 9.59 Å². The third kappa shape index (κ3) is 4.64. The third-order valence-corrected chi connectivity index (χ3v) is 5.34. The van der Waals surface area contributed by atoms with E-state index >= 15 is 0 Å². The van der Waals surface area contributed by atoms with Crippen LogP contribution in [0.15, 0.2) is 30.0 Å². The van der Waals surface area contributed by atoms with Crippen LogP contribution >= 0.6 is 0 Å². The summed E-state index contributed by atoms with van der Waals surface area (Å²) in [5.41, 5.74) is 1.86. The van der Waals surface area contributed by atoms with E-state index in [1.165, 1.54) is 4.90 Å². The molecule has 29 heavy (non-hydrogen) atoms. The van der Waals surface area contributed by atoms with Gasteiger partial charge in [-0.25, -0.2) is 0 Å². The molecule has 0 radical (unpaired) electrons. The Bertz CT molecular complexity index is 775. The van der Waals surface area contributed by atoms with E-state index in [1.807, 2.05) is 52.0 Å². The summed E-state index contributed by atoms with van der Waals surface area (Å²) in [4.78, 5) is 32.4. The van der Waals surface area contributed by atoms with E-state index in [0.717, 1.165) is 44.0 Å². The summed E-state index contributed by atoms with van der Waals surface area (Å²) in [5, 5.41) is 0. The summed E-state index contributed by atoms with van der Waals surface area (Å²) in [7, 11) is 0. The first-order valence-corrected chi connectivity index (χ1v) is 10.7. The number of nitrogens with zero attached hydrogens (tertiary/aromatic N) is 3. The fourth-order valence-electron chi connectivity index (χ4n) is 3.91. The minimum atomic E-state index is -0.186. The Morgan fingerprint density at radius 1 is 0.931 bits per heavy atom. The molecule has 0 unspecified atom stereocenters. The highest BCUT2D eigenvalue weighted by atomic mass is 16.5. The molecule has 1 aromatic rings. The monoisotopic (exact) mass is 399 g/mol. The molecule has 1 saturated heterocycles. The van der Waals surface area contributed by atoms with Crippen molar-refractivity contribution in [2.75, 3.05) is 39.3 Å². The van der Waals surface area contributed by atoms with Gasteiger partial charge >= 0.3 is 0 Å². The first-order chi connectivity index (χ1) is 13.8. The van der Waals surface area contributed by atoms with E-state index in [2.05, 4.69) is 16.7 Å². The van der Waals surface area contributed by atoms with Crippen molar-refractivity contribution in [2.45, 2.75) is 40.7 Å². The van der Waals surface area contributed by atoms with Gasteiger partial charge in [0.05, 0.1) is 11.7 Å². The van der Waals surface area contributed by atoms with Gasteiger partial charge in [0.25, 0.3) is 11.8 Å². The molecule has 2 heterocycles. The lowest BCUT2D eigenvalue weighted by Gasteiger charge is -2.36. The molecule has 0 aliphatic carbocycles. The van der Waals surface area contributed by atoms with Gasteiger partial charge < -0.3 is 14.5 Å². The van der Waals surface area contributed by atoms with Crippen molar-refractivity contribution >= 4 is 17.4 Å². The molecule has 2 aliphatic heterocycles. The number of carbonyl (C=O) groups is 2. The Balaban J connectivity index is 1.96. The van der Waals surface area contributed by atoms with Crippen LogP contribution in [0, 0.1) is 5.92 Å². The molecular weight excluding hydrogens is 366 g/mol. The van der Waals surface area contributed by atoms with E-state index in [4.69, 9.17) is 4.74 Å². The summed E-state index contributed by atoms with van der Waals surface area (Å²) in [6, 6.07) is 7.52. The Morgan fingerprint density at radius 3 is 2.07 bits per heavy atom. The summed E-state index contributed by atoms with van der Waals surface area (Å²) in [6.07, 6.45) is 0.0849. The maximum atomic E-state index is 13.3. The largest absolute Gasteiger partial charge is 0.491 e. The minimum absolute atomic E-state index is 0.0849. The quantitative estimate of drug-likeness (QED) is 0.660. The van der Waals surface area contributed by atoms with Crippen molar-refractivity contribution < 1.29 is 14.3 Å². The molecule has 6 heteroatoms. The second-order valence-corrected chi connectivity index (χ2v) is 8.45. The van der Waals surface area contributed by atoms with E-state index < -0.39 is 0 Å². The number of hydrogen-bond donors (Lipinski definition) is 0. The van der Waals surface area contributed by atoms with Crippen molar-refractivity contribution in [2.24, 2.45) is 5.92 Å². The number of ether oxygens (including phenoxy) is 1. The van der Waals surface area contributed by atoms with Crippen LogP contribution in [0.25, 0.3) is 5.57 Å². The van der Waals surface area contributed by atoms with Crippen molar-refractivity contribution in [3.8, 4) is 5.75 Å². The van der Waals surface area contributed by atoms with Crippen LogP contribution in [0.1, 0.15) is 40.2 Å². The highest BCUT2D eigenvalue weighted by molar-refractivity contribution is 6.35. The zero-order chi connectivity index (χ0) is 21.1. The van der Waals surface area contributed by atoms with Gasteiger partial charge in [-0.05, 0) is 44.0 Å². The summed E-state index contributed by atoms with van der Waals surface area (Å²) in [5.74, 6) is 0.640. The number of carbonyl (C=O) groups excluding carboxylic acids is 2. The van der Waals surface area contributed by atoms with Gasteiger partial charge in [0.2, 0.25) is 0 Å². The minimum Gasteiger partial charge on any atom is -0.491 e. The first kappa shape index (κ1) is 21.4. The van der Waals surface area contributed by atoms with Gasteiger partial charge in [0.1, 0.15) is 11.4 Å². The van der Waals surface area contributed by atoms with E-state index in [9.17, 15) is 9.59 Å². The number of hydrogen-bond acceptors (Lipinski definition) is 5. The van der Waals surface area contributed by atoms with Crippen molar-refractivity contribution in [1.82, 2.24) is 14.7 Å². The van der Waals surface area contributed by atoms with Gasteiger partial charge in [0, 0.05) is 32.7 Å². The van der Waals surface area contributed by atoms with Gasteiger partial charge in [-0.1, -0.05) is 32.9 Å². The highest BCUT2D eigenvalue weighted by Gasteiger charge is 2.42. The van der Waals surface area contributed by atoms with Gasteiger partial charge in [-0.3, -0.25) is 14.5 Å². The lowest BCUT2D eigenvalue weighted by atomic mass is 10.0. The average molecular weight is 400 g/mol. The lowest BCUT2D eigenvalue weighted by molar-refractivity contribution is -0.138. The third-order valence-electron chi connectivity index (χ3n) is 5.34. The molecule has 0 atom stereocenters. The molecule has 0 aromatic heterocycles. The first-order valence-electron chi connectivity index (χ1n) is 10.7. The van der Waals surface area contributed by atoms with Crippen LogP contribution in [0.4, 0.5) is 0 Å². The lowest BCUT2D eigenvalue weighted by Crippen LogP contribution is -2.47. The fourth-order valence-corrected chi connectivity index (χ4v) is 3.91. The molecule has 6 nitrogen and oxygen atoms in total. The molecule has 0 bridgehead atoms. The molecule has 0 saturated carbocycles. The molecule has 3 rings (SSSR count). The topological polar surface area (TPSA) is 53.1 Å². The molecule has 2 amide bonds. The zero-order valence-electron chi connectivity index (χ0n) is 18.3. The fraction of sp³-hybridized carbons (Fsp3) is 0.565. The normalized spacial score (nSPS) is 18.6. The predicted octanol–water partition coefficient (Wildman–Crippen LogP) is 2.85. The molecule has 158 valence electrons. The number of likely N-dealkylation sites (N-methyl/N-ethyl adjacent to an activating group) is 1. The number of rotatable bonds is 7. The van der Waals surface area contributed by atoms with Gasteiger partial charge in [0.15, 0.2) is 0 Å². The van der Waals surface area contributed by atoms with E-state index in [1.54, 1.807) is 0 Å². The van der Waals surface area contributed by atoms with E-state index in [0.29, 0.717) is 17.8 Å². The molecule has 1 fully saturated rings. The standard InChI is InChI=1S/C23H33N3O3/c1-6-24-11-13-25(14-12-24)21-20(22(27)26(23(21)28)15-16(2)3)18-7-9-19(10-8-18)29-17(4)5/h7-10,16-17H,6,11-15H2,1-5H3. The second kappa shape index (κ2) is 8.99. The SMILES string of the molecule is CCN1CCN(C2=C(c3ccc(OC(C)C)cc3)C(=O)N(CC(C)C)C2=O)CC1. The second-order valence-electron chi connectivity index (χ2n) is 8.45. The Morgan fingerprint density at radius 2 is 1.55 bits per heavy atom. The number of benzene rings is 1. The maximum absolute atomic E-state index is 13.3. The van der Waals surface area contributed by atoms with Crippen LogP contribution in [-0.4, -0.2) is 71.9 Å². The van der Waals surface area contributed by atoms with Crippen LogP contribution in [0.2, 0.25) is 0 Å². The van der Waals surface area contributed by atoms with Crippen molar-refractivity contribution in [1.29, 1.82) is 0 Å². The van der Waals surface area contributed by atoms with E-state index in [-0.39, 0.29) is 23.8 Å². The number of piperazine rings is 1. The summed E-state index contributed by atoms with van der Waals surface area (Å²) in [6.45, 7) is 14.9. The smallest absolute Gasteiger partial charge is 0.277 e. The molecular formula is C23H33N3O3. The Labute approximate surface area is 174 Å². The van der Waals surface area contributed by atoms with Crippen molar-refractivity contribution in [3.63, 3.8) is 0 Å². The predicted molar refractivity (Wildman–Crippen MR) is 114 cm³/mol. The highest BCUT2D eigenvalue weighted by Crippen LogP contribution is 2.33.